The molecule has 4 heteroatoms. The minimum atomic E-state index is 0.235. The Morgan fingerprint density at radius 3 is 2.50 bits per heavy atom. The Kier molecular flexibility index (Phi) is 3.07. The fourth-order valence-electron chi connectivity index (χ4n) is 2.65. The molecule has 0 spiro atoms. The average Bonchev–Trinajstić information content (AvgIpc) is 2.63. The van der Waals surface area contributed by atoms with Crippen molar-refractivity contribution >= 4 is 0 Å². The van der Waals surface area contributed by atoms with Gasteiger partial charge in [0, 0.05) is 31.7 Å². The predicted octanol–water partition coefficient (Wildman–Crippen LogP) is -0.648. The van der Waals surface area contributed by atoms with Crippen LogP contribution in [0.1, 0.15) is 6.42 Å². The van der Waals surface area contributed by atoms with Gasteiger partial charge in [-0.3, -0.25) is 4.90 Å². The summed E-state index contributed by atoms with van der Waals surface area (Å²) in [5.74, 6) is 0. The van der Waals surface area contributed by atoms with E-state index >= 15 is 0 Å². The second-order valence-electron chi connectivity index (χ2n) is 4.52. The molecule has 0 radical (unpaired) electrons. The third-order valence-corrected chi connectivity index (χ3v) is 3.58. The third kappa shape index (κ3) is 1.80. The highest BCUT2D eigenvalue weighted by molar-refractivity contribution is 4.99. The van der Waals surface area contributed by atoms with Gasteiger partial charge in [-0.25, -0.2) is 0 Å². The van der Waals surface area contributed by atoms with Gasteiger partial charge < -0.3 is 15.4 Å². The molecule has 0 amide bonds. The van der Waals surface area contributed by atoms with Gasteiger partial charge in [0.1, 0.15) is 0 Å². The number of hydrogen-bond donors (Lipinski definition) is 1. The number of hydrogen-bond acceptors (Lipinski definition) is 4. The van der Waals surface area contributed by atoms with Gasteiger partial charge in [0.15, 0.2) is 0 Å². The number of nitrogens with zero attached hydrogens (tertiary/aromatic N) is 2. The van der Waals surface area contributed by atoms with Crippen LogP contribution in [0.3, 0.4) is 0 Å². The van der Waals surface area contributed by atoms with Gasteiger partial charge in [-0.05, 0) is 20.0 Å². The summed E-state index contributed by atoms with van der Waals surface area (Å²) < 4.78 is 5.38. The highest BCUT2D eigenvalue weighted by Gasteiger charge is 2.41. The molecule has 2 N–H and O–H groups in total. The molecule has 82 valence electrons. The van der Waals surface area contributed by atoms with E-state index in [2.05, 4.69) is 16.8 Å². The SMILES string of the molecule is CN1CCC(CN)(N2CCOCC2)C1. The molecule has 2 aliphatic heterocycles. The minimum absolute atomic E-state index is 0.235. The summed E-state index contributed by atoms with van der Waals surface area (Å²) in [5.41, 5.74) is 6.19. The van der Waals surface area contributed by atoms with E-state index in [1.807, 2.05) is 0 Å². The summed E-state index contributed by atoms with van der Waals surface area (Å²) in [4.78, 5) is 4.91. The molecular formula is C10H21N3O. The van der Waals surface area contributed by atoms with Crippen LogP contribution in [0.15, 0.2) is 0 Å². The number of likely N-dealkylation sites (N-methyl/N-ethyl adjacent to an activating group) is 1. The standard InChI is InChI=1S/C10H21N3O/c1-12-3-2-10(8-11,9-12)13-4-6-14-7-5-13/h2-9,11H2,1H3. The molecular weight excluding hydrogens is 178 g/mol. The molecule has 14 heavy (non-hydrogen) atoms. The van der Waals surface area contributed by atoms with E-state index in [1.54, 1.807) is 0 Å². The Labute approximate surface area is 86.0 Å². The molecule has 0 saturated carbocycles. The highest BCUT2D eigenvalue weighted by Crippen LogP contribution is 2.26. The predicted molar refractivity (Wildman–Crippen MR) is 56.3 cm³/mol. The van der Waals surface area contributed by atoms with Crippen molar-refractivity contribution in [1.29, 1.82) is 0 Å². The van der Waals surface area contributed by atoms with Gasteiger partial charge in [0.2, 0.25) is 0 Å². The van der Waals surface area contributed by atoms with Crippen LogP contribution in [0.25, 0.3) is 0 Å². The smallest absolute Gasteiger partial charge is 0.0594 e. The molecule has 2 saturated heterocycles. The van der Waals surface area contributed by atoms with Crippen LogP contribution in [0, 0.1) is 0 Å². The van der Waals surface area contributed by atoms with Crippen molar-refractivity contribution in [2.24, 2.45) is 5.73 Å². The van der Waals surface area contributed by atoms with Crippen molar-refractivity contribution in [2.75, 3.05) is 53.0 Å². The topological polar surface area (TPSA) is 41.7 Å². The van der Waals surface area contributed by atoms with E-state index in [4.69, 9.17) is 10.5 Å². The summed E-state index contributed by atoms with van der Waals surface area (Å²) >= 11 is 0. The monoisotopic (exact) mass is 199 g/mol. The van der Waals surface area contributed by atoms with Crippen LogP contribution < -0.4 is 5.73 Å². The Morgan fingerprint density at radius 2 is 2.00 bits per heavy atom. The second-order valence-corrected chi connectivity index (χ2v) is 4.52. The van der Waals surface area contributed by atoms with Crippen molar-refractivity contribution in [3.8, 4) is 0 Å². The fraction of sp³-hybridized carbons (Fsp3) is 1.00. The average molecular weight is 199 g/mol. The summed E-state index contributed by atoms with van der Waals surface area (Å²) in [6.07, 6.45) is 1.21. The van der Waals surface area contributed by atoms with Crippen LogP contribution in [0.2, 0.25) is 0 Å². The van der Waals surface area contributed by atoms with Gasteiger partial charge >= 0.3 is 0 Å². The molecule has 0 aromatic heterocycles. The lowest BCUT2D eigenvalue weighted by Crippen LogP contribution is -2.58. The Bertz CT molecular complexity index is 194. The molecule has 2 fully saturated rings. The molecule has 0 aliphatic carbocycles. The number of rotatable bonds is 2. The van der Waals surface area contributed by atoms with Crippen LogP contribution in [0.5, 0.6) is 0 Å². The lowest BCUT2D eigenvalue weighted by atomic mass is 9.95. The van der Waals surface area contributed by atoms with Crippen molar-refractivity contribution in [3.05, 3.63) is 0 Å². The maximum atomic E-state index is 5.95. The number of ether oxygens (including phenoxy) is 1. The summed E-state index contributed by atoms with van der Waals surface area (Å²) in [6, 6.07) is 0. The van der Waals surface area contributed by atoms with E-state index < -0.39 is 0 Å². The Hall–Kier alpha value is -0.160. The molecule has 1 atom stereocenters. The summed E-state index contributed by atoms with van der Waals surface area (Å²) in [6.45, 7) is 6.89. The number of nitrogens with two attached hydrogens (primary N) is 1. The lowest BCUT2D eigenvalue weighted by molar-refractivity contribution is -0.0155. The maximum Gasteiger partial charge on any atom is 0.0594 e. The van der Waals surface area contributed by atoms with Crippen molar-refractivity contribution in [1.82, 2.24) is 9.80 Å². The minimum Gasteiger partial charge on any atom is -0.379 e. The van der Waals surface area contributed by atoms with E-state index in [0.29, 0.717) is 0 Å². The van der Waals surface area contributed by atoms with Crippen molar-refractivity contribution < 1.29 is 4.74 Å². The zero-order chi connectivity index (χ0) is 10.0. The van der Waals surface area contributed by atoms with Gasteiger partial charge in [-0.2, -0.15) is 0 Å². The first-order chi connectivity index (χ1) is 6.77. The first kappa shape index (κ1) is 10.4. The molecule has 0 aromatic carbocycles. The third-order valence-electron chi connectivity index (χ3n) is 3.58. The fourth-order valence-corrected chi connectivity index (χ4v) is 2.65. The Balaban J connectivity index is 2.03. The molecule has 2 rings (SSSR count). The molecule has 1 unspecified atom stereocenters. The summed E-state index contributed by atoms with van der Waals surface area (Å²) in [7, 11) is 2.18. The van der Waals surface area contributed by atoms with E-state index in [-0.39, 0.29) is 5.54 Å². The molecule has 4 nitrogen and oxygen atoms in total. The van der Waals surface area contributed by atoms with Gasteiger partial charge in [-0.15, -0.1) is 0 Å². The van der Waals surface area contributed by atoms with Gasteiger partial charge in [0.25, 0.3) is 0 Å². The Morgan fingerprint density at radius 1 is 1.29 bits per heavy atom. The first-order valence-corrected chi connectivity index (χ1v) is 5.48. The largest absolute Gasteiger partial charge is 0.379 e. The molecule has 0 aromatic rings. The summed E-state index contributed by atoms with van der Waals surface area (Å²) in [5, 5.41) is 0. The maximum absolute atomic E-state index is 5.95. The zero-order valence-corrected chi connectivity index (χ0v) is 9.04. The van der Waals surface area contributed by atoms with Crippen LogP contribution in [-0.2, 0) is 4.74 Å². The van der Waals surface area contributed by atoms with Gasteiger partial charge in [0.05, 0.1) is 13.2 Å². The number of likely N-dealkylation sites (tertiary alicyclic amines) is 1. The lowest BCUT2D eigenvalue weighted by Gasteiger charge is -2.42. The van der Waals surface area contributed by atoms with E-state index in [1.165, 1.54) is 13.0 Å². The number of morpholine rings is 1. The molecule has 2 aliphatic rings. The van der Waals surface area contributed by atoms with Crippen LogP contribution in [0.4, 0.5) is 0 Å². The van der Waals surface area contributed by atoms with Crippen LogP contribution in [-0.4, -0.2) is 68.3 Å². The molecule has 2 heterocycles. The second kappa shape index (κ2) is 4.14. The van der Waals surface area contributed by atoms with Gasteiger partial charge in [-0.1, -0.05) is 0 Å². The van der Waals surface area contributed by atoms with Crippen molar-refractivity contribution in [3.63, 3.8) is 0 Å². The zero-order valence-electron chi connectivity index (χ0n) is 9.04. The molecule has 0 bridgehead atoms. The van der Waals surface area contributed by atoms with Crippen molar-refractivity contribution in [2.45, 2.75) is 12.0 Å². The van der Waals surface area contributed by atoms with E-state index in [9.17, 15) is 0 Å². The van der Waals surface area contributed by atoms with Crippen LogP contribution >= 0.6 is 0 Å². The quantitative estimate of drug-likeness (QED) is 0.642. The van der Waals surface area contributed by atoms with E-state index in [0.717, 1.165) is 39.4 Å². The normalized spacial score (nSPS) is 36.4. The first-order valence-electron chi connectivity index (χ1n) is 5.48. The highest BCUT2D eigenvalue weighted by atomic mass is 16.5.